The van der Waals surface area contributed by atoms with Gasteiger partial charge in [-0.25, -0.2) is 0 Å². The van der Waals surface area contributed by atoms with Crippen molar-refractivity contribution in [2.24, 2.45) is 5.92 Å². The molecule has 138 valence electrons. The van der Waals surface area contributed by atoms with Crippen LogP contribution in [0, 0.1) is 5.92 Å². The third-order valence-corrected chi connectivity index (χ3v) is 5.57. The molecule has 1 amide bonds. The number of amides is 1. The number of benzene rings is 1. The number of nitrogen functional groups attached to an aromatic ring is 1. The Labute approximate surface area is 151 Å². The average molecular weight is 345 g/mol. The number of likely N-dealkylation sites (tertiary alicyclic amines) is 1. The molecule has 0 bridgehead atoms. The maximum absolute atomic E-state index is 12.4. The Balaban J connectivity index is 1.55. The fourth-order valence-electron chi connectivity index (χ4n) is 3.92. The van der Waals surface area contributed by atoms with Gasteiger partial charge in [0.15, 0.2) is 0 Å². The maximum Gasteiger partial charge on any atom is 0.222 e. The minimum Gasteiger partial charge on any atom is -0.397 e. The van der Waals surface area contributed by atoms with Gasteiger partial charge in [-0.1, -0.05) is 13.0 Å². The molecule has 0 radical (unpaired) electrons. The van der Waals surface area contributed by atoms with Gasteiger partial charge < -0.3 is 20.4 Å². The van der Waals surface area contributed by atoms with Crippen molar-refractivity contribution in [1.82, 2.24) is 9.80 Å². The largest absolute Gasteiger partial charge is 0.397 e. The van der Waals surface area contributed by atoms with E-state index in [2.05, 4.69) is 42.0 Å². The SMILES string of the molecule is CC1CCCN(C(=O)CCc2ccc(N3CCN(C)CC3)c(N)c2)C1. The van der Waals surface area contributed by atoms with E-state index in [-0.39, 0.29) is 5.91 Å². The molecule has 2 heterocycles. The van der Waals surface area contributed by atoms with Crippen LogP contribution in [0.2, 0.25) is 0 Å². The van der Waals surface area contributed by atoms with Crippen LogP contribution in [-0.4, -0.2) is 62.0 Å². The molecule has 1 atom stereocenters. The zero-order valence-electron chi connectivity index (χ0n) is 15.7. The first-order chi connectivity index (χ1) is 12.0. The molecule has 2 aliphatic heterocycles. The Bertz CT molecular complexity index is 595. The highest BCUT2D eigenvalue weighted by atomic mass is 16.2. The Morgan fingerprint density at radius 2 is 1.96 bits per heavy atom. The molecule has 3 rings (SSSR count). The van der Waals surface area contributed by atoms with Crippen LogP contribution in [0.4, 0.5) is 11.4 Å². The van der Waals surface area contributed by atoms with Gasteiger partial charge in [0.2, 0.25) is 5.91 Å². The molecule has 1 unspecified atom stereocenters. The van der Waals surface area contributed by atoms with E-state index >= 15 is 0 Å². The zero-order valence-corrected chi connectivity index (χ0v) is 15.7. The fourth-order valence-corrected chi connectivity index (χ4v) is 3.92. The Hall–Kier alpha value is -1.75. The van der Waals surface area contributed by atoms with Gasteiger partial charge >= 0.3 is 0 Å². The van der Waals surface area contributed by atoms with E-state index in [1.165, 1.54) is 6.42 Å². The number of likely N-dealkylation sites (N-methyl/N-ethyl adjacent to an activating group) is 1. The molecule has 2 aliphatic rings. The summed E-state index contributed by atoms with van der Waals surface area (Å²) >= 11 is 0. The fraction of sp³-hybridized carbons (Fsp3) is 0.650. The highest BCUT2D eigenvalue weighted by molar-refractivity contribution is 5.77. The molecule has 1 aromatic rings. The van der Waals surface area contributed by atoms with E-state index in [1.807, 2.05) is 4.90 Å². The van der Waals surface area contributed by atoms with Gasteiger partial charge in [-0.2, -0.15) is 0 Å². The van der Waals surface area contributed by atoms with Crippen LogP contribution in [0.15, 0.2) is 18.2 Å². The van der Waals surface area contributed by atoms with Gasteiger partial charge in [-0.3, -0.25) is 4.79 Å². The first kappa shape index (κ1) is 18.1. The quantitative estimate of drug-likeness (QED) is 0.851. The molecule has 2 N–H and O–H groups in total. The molecule has 5 nitrogen and oxygen atoms in total. The number of nitrogens with zero attached hydrogens (tertiary/aromatic N) is 3. The van der Waals surface area contributed by atoms with E-state index in [0.29, 0.717) is 12.3 Å². The molecule has 0 aromatic heterocycles. The summed E-state index contributed by atoms with van der Waals surface area (Å²) in [6.07, 6.45) is 3.74. The van der Waals surface area contributed by atoms with Crippen molar-refractivity contribution in [2.45, 2.75) is 32.6 Å². The smallest absolute Gasteiger partial charge is 0.222 e. The molecule has 5 heteroatoms. The number of rotatable bonds is 4. The number of hydrogen-bond acceptors (Lipinski definition) is 4. The van der Waals surface area contributed by atoms with Crippen molar-refractivity contribution in [3.63, 3.8) is 0 Å². The van der Waals surface area contributed by atoms with Gasteiger partial charge in [0.05, 0.1) is 11.4 Å². The average Bonchev–Trinajstić information content (AvgIpc) is 2.61. The first-order valence-electron chi connectivity index (χ1n) is 9.62. The summed E-state index contributed by atoms with van der Waals surface area (Å²) in [6.45, 7) is 8.26. The molecule has 25 heavy (non-hydrogen) atoms. The van der Waals surface area contributed by atoms with Crippen LogP contribution in [0.5, 0.6) is 0 Å². The summed E-state index contributed by atoms with van der Waals surface area (Å²) in [7, 11) is 2.16. The lowest BCUT2D eigenvalue weighted by molar-refractivity contribution is -0.132. The molecule has 2 saturated heterocycles. The lowest BCUT2D eigenvalue weighted by atomic mass is 9.99. The second kappa shape index (κ2) is 8.09. The number of piperidine rings is 1. The predicted octanol–water partition coefficient (Wildman–Crippen LogP) is 2.21. The van der Waals surface area contributed by atoms with E-state index < -0.39 is 0 Å². The normalized spacial score (nSPS) is 22.2. The van der Waals surface area contributed by atoms with Crippen LogP contribution < -0.4 is 10.6 Å². The van der Waals surface area contributed by atoms with E-state index in [1.54, 1.807) is 0 Å². The number of nitrogens with two attached hydrogens (primary N) is 1. The van der Waals surface area contributed by atoms with Crippen molar-refractivity contribution < 1.29 is 4.79 Å². The maximum atomic E-state index is 12.4. The van der Waals surface area contributed by atoms with Crippen LogP contribution in [0.1, 0.15) is 31.7 Å². The highest BCUT2D eigenvalue weighted by Crippen LogP contribution is 2.26. The van der Waals surface area contributed by atoms with Crippen molar-refractivity contribution >= 4 is 17.3 Å². The van der Waals surface area contributed by atoms with Crippen molar-refractivity contribution in [2.75, 3.05) is 56.9 Å². The second-order valence-corrected chi connectivity index (χ2v) is 7.77. The van der Waals surface area contributed by atoms with Gasteiger partial charge in [0, 0.05) is 45.7 Å². The third kappa shape index (κ3) is 4.66. The summed E-state index contributed by atoms with van der Waals surface area (Å²) in [6, 6.07) is 6.32. The summed E-state index contributed by atoms with van der Waals surface area (Å²) in [5.41, 5.74) is 9.43. The van der Waals surface area contributed by atoms with Crippen LogP contribution in [0.3, 0.4) is 0 Å². The topological polar surface area (TPSA) is 52.8 Å². The van der Waals surface area contributed by atoms with Crippen LogP contribution >= 0.6 is 0 Å². The number of aryl methyl sites for hydroxylation is 1. The molecule has 2 fully saturated rings. The molecular formula is C20H32N4O. The van der Waals surface area contributed by atoms with Crippen LogP contribution in [-0.2, 0) is 11.2 Å². The highest BCUT2D eigenvalue weighted by Gasteiger charge is 2.21. The molecule has 1 aromatic carbocycles. The first-order valence-corrected chi connectivity index (χ1v) is 9.62. The summed E-state index contributed by atoms with van der Waals surface area (Å²) < 4.78 is 0. The van der Waals surface area contributed by atoms with E-state index in [0.717, 1.165) is 69.0 Å². The van der Waals surface area contributed by atoms with Gasteiger partial charge in [-0.15, -0.1) is 0 Å². The number of anilines is 2. The number of piperazine rings is 1. The lowest BCUT2D eigenvalue weighted by Gasteiger charge is -2.34. The number of carbonyl (C=O) groups excluding carboxylic acids is 1. The minimum absolute atomic E-state index is 0.285. The van der Waals surface area contributed by atoms with Gasteiger partial charge in [0.25, 0.3) is 0 Å². The van der Waals surface area contributed by atoms with Gasteiger partial charge in [-0.05, 0) is 49.9 Å². The summed E-state index contributed by atoms with van der Waals surface area (Å²) in [5, 5.41) is 0. The van der Waals surface area contributed by atoms with Crippen molar-refractivity contribution in [3.8, 4) is 0 Å². The van der Waals surface area contributed by atoms with Crippen molar-refractivity contribution in [1.29, 1.82) is 0 Å². The van der Waals surface area contributed by atoms with Crippen LogP contribution in [0.25, 0.3) is 0 Å². The Morgan fingerprint density at radius 3 is 2.64 bits per heavy atom. The third-order valence-electron chi connectivity index (χ3n) is 5.57. The zero-order chi connectivity index (χ0) is 17.8. The standard InChI is InChI=1S/C20H32N4O/c1-16-4-3-9-24(15-16)20(25)8-6-17-5-7-19(18(21)14-17)23-12-10-22(2)11-13-23/h5,7,14,16H,3-4,6,8-13,15,21H2,1-2H3. The molecule has 0 aliphatic carbocycles. The second-order valence-electron chi connectivity index (χ2n) is 7.77. The molecular weight excluding hydrogens is 312 g/mol. The molecule has 0 spiro atoms. The summed E-state index contributed by atoms with van der Waals surface area (Å²) in [4.78, 5) is 19.2. The predicted molar refractivity (Wildman–Crippen MR) is 104 cm³/mol. The van der Waals surface area contributed by atoms with Crippen molar-refractivity contribution in [3.05, 3.63) is 23.8 Å². The number of carbonyl (C=O) groups is 1. The van der Waals surface area contributed by atoms with Gasteiger partial charge in [0.1, 0.15) is 0 Å². The van der Waals surface area contributed by atoms with E-state index in [4.69, 9.17) is 5.73 Å². The summed E-state index contributed by atoms with van der Waals surface area (Å²) in [5.74, 6) is 0.921. The lowest BCUT2D eigenvalue weighted by Crippen LogP contribution is -2.44. The van der Waals surface area contributed by atoms with E-state index in [9.17, 15) is 4.79 Å². The Kier molecular flexibility index (Phi) is 5.84. The monoisotopic (exact) mass is 344 g/mol. The Morgan fingerprint density at radius 1 is 1.20 bits per heavy atom. The number of hydrogen-bond donors (Lipinski definition) is 1. The molecule has 0 saturated carbocycles. The minimum atomic E-state index is 0.285.